The highest BCUT2D eigenvalue weighted by atomic mass is 19.1. The minimum absolute atomic E-state index is 0.162. The van der Waals surface area contributed by atoms with Crippen LogP contribution in [0.5, 0.6) is 11.5 Å². The van der Waals surface area contributed by atoms with Crippen molar-refractivity contribution >= 4 is 22.5 Å². The van der Waals surface area contributed by atoms with E-state index in [1.165, 1.54) is 23.4 Å². The number of amides is 1. The number of ether oxygens (including phenoxy) is 2. The van der Waals surface area contributed by atoms with Gasteiger partial charge in [0.25, 0.3) is 5.91 Å². The summed E-state index contributed by atoms with van der Waals surface area (Å²) in [4.78, 5) is 13.4. The topological polar surface area (TPSA) is 52.5 Å². The standard InChI is InChI=1S/C28H27FN2O3/c1-33-21-13-11-20(12-14-21)30-28(32)23-15-16-25(34-2)27-26(23)22-5-3-4-6-24(22)31(27)17-18-7-9-19(29)10-8-18/h7-16H,3-6,17H2,1-2H3,(H,30,32). The summed E-state index contributed by atoms with van der Waals surface area (Å²) in [5, 5.41) is 3.97. The van der Waals surface area contributed by atoms with E-state index in [9.17, 15) is 9.18 Å². The summed E-state index contributed by atoms with van der Waals surface area (Å²) in [6.45, 7) is 0.589. The Labute approximate surface area is 198 Å². The summed E-state index contributed by atoms with van der Waals surface area (Å²) in [7, 11) is 3.27. The smallest absolute Gasteiger partial charge is 0.256 e. The van der Waals surface area contributed by atoms with Crippen LogP contribution >= 0.6 is 0 Å². The molecular weight excluding hydrogens is 431 g/mol. The number of carbonyl (C=O) groups excluding carboxylic acids is 1. The molecule has 0 aliphatic heterocycles. The molecule has 1 aromatic heterocycles. The summed E-state index contributed by atoms with van der Waals surface area (Å²) in [5.74, 6) is 1.05. The number of benzene rings is 3. The summed E-state index contributed by atoms with van der Waals surface area (Å²) in [6, 6.07) is 17.6. The Morgan fingerprint density at radius 2 is 1.68 bits per heavy atom. The first-order valence-corrected chi connectivity index (χ1v) is 11.5. The van der Waals surface area contributed by atoms with E-state index in [0.717, 1.165) is 53.6 Å². The lowest BCUT2D eigenvalue weighted by Gasteiger charge is -2.16. The van der Waals surface area contributed by atoms with E-state index in [-0.39, 0.29) is 11.7 Å². The third-order valence-corrected chi connectivity index (χ3v) is 6.54. The van der Waals surface area contributed by atoms with E-state index in [2.05, 4.69) is 9.88 Å². The molecule has 0 fully saturated rings. The second kappa shape index (κ2) is 9.21. The lowest BCUT2D eigenvalue weighted by molar-refractivity contribution is 0.102. The van der Waals surface area contributed by atoms with Gasteiger partial charge in [0, 0.05) is 28.9 Å². The van der Waals surface area contributed by atoms with E-state index in [1.807, 2.05) is 48.5 Å². The van der Waals surface area contributed by atoms with Crippen molar-refractivity contribution < 1.29 is 18.7 Å². The fourth-order valence-electron chi connectivity index (χ4n) is 4.91. The second-order valence-corrected chi connectivity index (χ2v) is 8.57. The third kappa shape index (κ3) is 4.00. The van der Waals surface area contributed by atoms with Crippen molar-refractivity contribution in [1.29, 1.82) is 0 Å². The zero-order valence-electron chi connectivity index (χ0n) is 19.4. The monoisotopic (exact) mass is 458 g/mol. The molecule has 5 nitrogen and oxygen atoms in total. The number of fused-ring (bicyclic) bond motifs is 3. The highest BCUT2D eigenvalue weighted by molar-refractivity contribution is 6.15. The molecule has 1 amide bonds. The van der Waals surface area contributed by atoms with Crippen molar-refractivity contribution in [3.63, 3.8) is 0 Å². The number of aromatic nitrogens is 1. The van der Waals surface area contributed by atoms with Crippen LogP contribution in [0.2, 0.25) is 0 Å². The molecule has 1 aliphatic carbocycles. The minimum atomic E-state index is -0.252. The van der Waals surface area contributed by atoms with Crippen molar-refractivity contribution in [3.8, 4) is 11.5 Å². The van der Waals surface area contributed by atoms with Gasteiger partial charge >= 0.3 is 0 Å². The van der Waals surface area contributed by atoms with Gasteiger partial charge in [-0.1, -0.05) is 12.1 Å². The van der Waals surface area contributed by atoms with Crippen LogP contribution in [0.15, 0.2) is 60.7 Å². The van der Waals surface area contributed by atoms with E-state index < -0.39 is 0 Å². The van der Waals surface area contributed by atoms with E-state index >= 15 is 0 Å². The highest BCUT2D eigenvalue weighted by Crippen LogP contribution is 2.39. The Morgan fingerprint density at radius 1 is 0.941 bits per heavy atom. The summed E-state index contributed by atoms with van der Waals surface area (Å²) in [5.41, 5.74) is 5.69. The molecule has 0 saturated carbocycles. The largest absolute Gasteiger partial charge is 0.497 e. The van der Waals surface area contributed by atoms with Gasteiger partial charge in [-0.3, -0.25) is 4.79 Å². The molecule has 1 heterocycles. The molecule has 0 unspecified atom stereocenters. The Morgan fingerprint density at radius 3 is 2.38 bits per heavy atom. The maximum absolute atomic E-state index is 13.5. The molecule has 0 saturated heterocycles. The zero-order chi connectivity index (χ0) is 23.7. The van der Waals surface area contributed by atoms with Crippen molar-refractivity contribution in [2.45, 2.75) is 32.2 Å². The number of halogens is 1. The molecule has 0 atom stereocenters. The molecule has 4 aromatic rings. The molecule has 34 heavy (non-hydrogen) atoms. The number of rotatable bonds is 6. The lowest BCUT2D eigenvalue weighted by Crippen LogP contribution is -2.13. The molecule has 0 bridgehead atoms. The van der Waals surface area contributed by atoms with E-state index in [0.29, 0.717) is 17.8 Å². The van der Waals surface area contributed by atoms with Gasteiger partial charge in [0.1, 0.15) is 17.3 Å². The molecule has 3 aromatic carbocycles. The van der Waals surface area contributed by atoms with Gasteiger partial charge in [-0.15, -0.1) is 0 Å². The first-order chi connectivity index (χ1) is 16.6. The van der Waals surface area contributed by atoms with Crippen LogP contribution in [0.4, 0.5) is 10.1 Å². The van der Waals surface area contributed by atoms with Crippen LogP contribution in [0.3, 0.4) is 0 Å². The van der Waals surface area contributed by atoms with Gasteiger partial charge in [-0.2, -0.15) is 0 Å². The number of anilines is 1. The predicted molar refractivity (Wildman–Crippen MR) is 132 cm³/mol. The number of carbonyl (C=O) groups is 1. The Kier molecular flexibility index (Phi) is 5.97. The van der Waals surface area contributed by atoms with Crippen molar-refractivity contribution in [2.24, 2.45) is 0 Å². The average molecular weight is 459 g/mol. The van der Waals surface area contributed by atoms with Gasteiger partial charge in [0.05, 0.1) is 19.7 Å². The van der Waals surface area contributed by atoms with Crippen LogP contribution in [0.25, 0.3) is 10.9 Å². The number of hydrogen-bond acceptors (Lipinski definition) is 3. The molecule has 5 rings (SSSR count). The van der Waals surface area contributed by atoms with E-state index in [1.54, 1.807) is 14.2 Å². The number of hydrogen-bond donors (Lipinski definition) is 1. The maximum Gasteiger partial charge on any atom is 0.256 e. The van der Waals surface area contributed by atoms with Gasteiger partial charge < -0.3 is 19.4 Å². The minimum Gasteiger partial charge on any atom is -0.497 e. The molecule has 6 heteroatoms. The second-order valence-electron chi connectivity index (χ2n) is 8.57. The molecular formula is C28H27FN2O3. The average Bonchev–Trinajstić information content (AvgIpc) is 3.20. The Bertz CT molecular complexity index is 1340. The molecule has 1 aliphatic rings. The van der Waals surface area contributed by atoms with Crippen molar-refractivity contribution in [2.75, 3.05) is 19.5 Å². The Balaban J connectivity index is 1.62. The SMILES string of the molecule is COc1ccc(NC(=O)c2ccc(OC)c3c2c2c(n3Cc3ccc(F)cc3)CCCC2)cc1. The van der Waals surface area contributed by atoms with Crippen molar-refractivity contribution in [1.82, 2.24) is 4.57 Å². The van der Waals surface area contributed by atoms with Gasteiger partial charge in [-0.25, -0.2) is 4.39 Å². The fraction of sp³-hybridized carbons (Fsp3) is 0.250. The molecule has 1 N–H and O–H groups in total. The summed E-state index contributed by atoms with van der Waals surface area (Å²) in [6.07, 6.45) is 4.04. The predicted octanol–water partition coefficient (Wildman–Crippen LogP) is 5.98. The number of methoxy groups -OCH3 is 2. The van der Waals surface area contributed by atoms with Crippen LogP contribution in [0, 0.1) is 5.82 Å². The fourth-order valence-corrected chi connectivity index (χ4v) is 4.91. The Hall–Kier alpha value is -3.80. The summed E-state index contributed by atoms with van der Waals surface area (Å²) >= 11 is 0. The normalized spacial score (nSPS) is 12.9. The van der Waals surface area contributed by atoms with Crippen LogP contribution in [0.1, 0.15) is 40.0 Å². The van der Waals surface area contributed by atoms with Crippen LogP contribution < -0.4 is 14.8 Å². The van der Waals surface area contributed by atoms with Gasteiger partial charge in [0.15, 0.2) is 0 Å². The first-order valence-electron chi connectivity index (χ1n) is 11.5. The zero-order valence-corrected chi connectivity index (χ0v) is 19.4. The molecule has 0 spiro atoms. The summed E-state index contributed by atoms with van der Waals surface area (Å²) < 4.78 is 26.7. The lowest BCUT2D eigenvalue weighted by atomic mass is 9.93. The highest BCUT2D eigenvalue weighted by Gasteiger charge is 2.26. The number of aryl methyl sites for hydroxylation is 1. The number of nitrogens with zero attached hydrogens (tertiary/aromatic N) is 1. The molecule has 0 radical (unpaired) electrons. The van der Waals surface area contributed by atoms with Crippen LogP contribution in [-0.4, -0.2) is 24.7 Å². The van der Waals surface area contributed by atoms with E-state index in [4.69, 9.17) is 9.47 Å². The first kappa shape index (κ1) is 22.0. The van der Waals surface area contributed by atoms with Crippen LogP contribution in [-0.2, 0) is 19.4 Å². The van der Waals surface area contributed by atoms with Crippen molar-refractivity contribution in [3.05, 3.63) is 88.9 Å². The maximum atomic E-state index is 13.5. The van der Waals surface area contributed by atoms with Gasteiger partial charge in [-0.05, 0) is 85.3 Å². The third-order valence-electron chi connectivity index (χ3n) is 6.54. The molecule has 174 valence electrons. The number of nitrogens with one attached hydrogen (secondary N) is 1. The van der Waals surface area contributed by atoms with Gasteiger partial charge in [0.2, 0.25) is 0 Å². The quantitative estimate of drug-likeness (QED) is 0.387.